The first-order valence-electron chi connectivity index (χ1n) is 4.57. The lowest BCUT2D eigenvalue weighted by atomic mass is 9.85. The molecule has 1 aliphatic rings. The lowest BCUT2D eigenvalue weighted by Gasteiger charge is -2.14. The van der Waals surface area contributed by atoms with Gasteiger partial charge in [-0.15, -0.1) is 0 Å². The third kappa shape index (κ3) is 1.25. The van der Waals surface area contributed by atoms with E-state index in [0.29, 0.717) is 11.8 Å². The summed E-state index contributed by atoms with van der Waals surface area (Å²) < 4.78 is 13.5. The maximum absolute atomic E-state index is 13.5. The number of hydrogen-bond donors (Lipinski definition) is 1. The number of amides is 1. The third-order valence-electron chi connectivity index (χ3n) is 2.73. The van der Waals surface area contributed by atoms with Crippen molar-refractivity contribution in [2.24, 2.45) is 0 Å². The number of nitrogens with one attached hydrogen (secondary N) is 1. The Kier molecular flexibility index (Phi) is 1.89. The number of aldehydes is 1. The molecule has 1 aliphatic heterocycles. The first kappa shape index (κ1) is 9.83. The van der Waals surface area contributed by atoms with Gasteiger partial charge in [0.2, 0.25) is 5.91 Å². The van der Waals surface area contributed by atoms with Gasteiger partial charge in [-0.3, -0.25) is 9.59 Å². The van der Waals surface area contributed by atoms with Gasteiger partial charge in [-0.2, -0.15) is 0 Å². The summed E-state index contributed by atoms with van der Waals surface area (Å²) >= 11 is 0. The van der Waals surface area contributed by atoms with E-state index in [0.717, 1.165) is 6.07 Å². The van der Waals surface area contributed by atoms with E-state index in [1.54, 1.807) is 19.9 Å². The monoisotopic (exact) mass is 207 g/mol. The first-order chi connectivity index (χ1) is 6.96. The van der Waals surface area contributed by atoms with E-state index < -0.39 is 11.2 Å². The second-order valence-corrected chi connectivity index (χ2v) is 4.12. The average Bonchev–Trinajstić information content (AvgIpc) is 2.41. The molecule has 1 heterocycles. The van der Waals surface area contributed by atoms with Crippen molar-refractivity contribution in [3.05, 3.63) is 29.1 Å². The van der Waals surface area contributed by atoms with Crippen LogP contribution in [-0.2, 0) is 10.2 Å². The van der Waals surface area contributed by atoms with Gasteiger partial charge in [0.15, 0.2) is 0 Å². The summed E-state index contributed by atoms with van der Waals surface area (Å²) in [5, 5.41) is 2.48. The number of carbonyl (C=O) groups is 2. The lowest BCUT2D eigenvalue weighted by molar-refractivity contribution is -0.119. The number of benzene rings is 1. The van der Waals surface area contributed by atoms with Crippen molar-refractivity contribution in [2.45, 2.75) is 19.3 Å². The molecular formula is C11H10FNO2. The summed E-state index contributed by atoms with van der Waals surface area (Å²) in [7, 11) is 0. The Morgan fingerprint density at radius 1 is 1.40 bits per heavy atom. The second kappa shape index (κ2) is 2.89. The van der Waals surface area contributed by atoms with Crippen molar-refractivity contribution in [3.63, 3.8) is 0 Å². The molecular weight excluding hydrogens is 197 g/mol. The number of hydrogen-bond acceptors (Lipinski definition) is 2. The van der Waals surface area contributed by atoms with Crippen LogP contribution in [0.25, 0.3) is 0 Å². The van der Waals surface area contributed by atoms with Crippen LogP contribution in [0.1, 0.15) is 29.8 Å². The first-order valence-corrected chi connectivity index (χ1v) is 4.57. The summed E-state index contributed by atoms with van der Waals surface area (Å²) in [4.78, 5) is 22.1. The molecule has 1 N–H and O–H groups in total. The molecule has 0 saturated carbocycles. The fourth-order valence-electron chi connectivity index (χ4n) is 1.71. The van der Waals surface area contributed by atoms with Crippen molar-refractivity contribution in [1.29, 1.82) is 0 Å². The molecule has 4 heteroatoms. The quantitative estimate of drug-likeness (QED) is 0.714. The molecule has 0 aliphatic carbocycles. The van der Waals surface area contributed by atoms with Gasteiger partial charge >= 0.3 is 0 Å². The van der Waals surface area contributed by atoms with Crippen LogP contribution in [0.3, 0.4) is 0 Å². The molecule has 78 valence electrons. The highest BCUT2D eigenvalue weighted by Gasteiger charge is 2.40. The van der Waals surface area contributed by atoms with Crippen LogP contribution in [0.2, 0.25) is 0 Å². The van der Waals surface area contributed by atoms with Gasteiger partial charge in [0.05, 0.1) is 11.1 Å². The highest BCUT2D eigenvalue weighted by Crippen LogP contribution is 2.39. The van der Waals surface area contributed by atoms with E-state index in [-0.39, 0.29) is 17.2 Å². The van der Waals surface area contributed by atoms with Gasteiger partial charge in [-0.05, 0) is 31.5 Å². The zero-order valence-electron chi connectivity index (χ0n) is 8.43. The highest BCUT2D eigenvalue weighted by atomic mass is 19.1. The molecule has 1 aromatic rings. The molecule has 0 fully saturated rings. The van der Waals surface area contributed by atoms with E-state index in [1.165, 1.54) is 0 Å². The Balaban J connectivity index is 2.71. The maximum atomic E-state index is 13.5. The average molecular weight is 207 g/mol. The molecule has 1 amide bonds. The number of anilines is 1. The predicted octanol–water partition coefficient (Wildman–Crippen LogP) is 1.87. The van der Waals surface area contributed by atoms with E-state index >= 15 is 0 Å². The van der Waals surface area contributed by atoms with E-state index in [9.17, 15) is 14.0 Å². The third-order valence-corrected chi connectivity index (χ3v) is 2.73. The van der Waals surface area contributed by atoms with Crippen LogP contribution >= 0.6 is 0 Å². The molecule has 15 heavy (non-hydrogen) atoms. The maximum Gasteiger partial charge on any atom is 0.234 e. The minimum Gasteiger partial charge on any atom is -0.323 e. The number of fused-ring (bicyclic) bond motifs is 1. The molecule has 1 aromatic carbocycles. The van der Waals surface area contributed by atoms with Crippen molar-refractivity contribution in [2.75, 3.05) is 5.32 Å². The van der Waals surface area contributed by atoms with E-state index in [4.69, 9.17) is 0 Å². The van der Waals surface area contributed by atoms with Crippen molar-refractivity contribution < 1.29 is 14.0 Å². The lowest BCUT2D eigenvalue weighted by Crippen LogP contribution is -2.26. The van der Waals surface area contributed by atoms with E-state index in [1.807, 2.05) is 0 Å². The number of rotatable bonds is 1. The molecule has 0 atom stereocenters. The SMILES string of the molecule is CC1(C)C(=O)Nc2c(F)cc(C=O)cc21. The van der Waals surface area contributed by atoms with Gasteiger partial charge in [0.25, 0.3) is 0 Å². The van der Waals surface area contributed by atoms with E-state index in [2.05, 4.69) is 5.32 Å². The largest absolute Gasteiger partial charge is 0.323 e. The zero-order valence-corrected chi connectivity index (χ0v) is 8.43. The summed E-state index contributed by atoms with van der Waals surface area (Å²) in [5.41, 5.74) is 0.191. The van der Waals surface area contributed by atoms with Crippen LogP contribution in [0.4, 0.5) is 10.1 Å². The number of carbonyl (C=O) groups excluding carboxylic acids is 2. The minimum absolute atomic E-state index is 0.190. The summed E-state index contributed by atoms with van der Waals surface area (Å²) in [6.07, 6.45) is 0.572. The Morgan fingerprint density at radius 2 is 2.07 bits per heavy atom. The Labute approximate surface area is 86.3 Å². The Bertz CT molecular complexity index is 466. The Hall–Kier alpha value is -1.71. The summed E-state index contributed by atoms with van der Waals surface area (Å²) in [6, 6.07) is 2.66. The zero-order chi connectivity index (χ0) is 11.2. The van der Waals surface area contributed by atoms with Crippen LogP contribution in [0.5, 0.6) is 0 Å². The topological polar surface area (TPSA) is 46.2 Å². The van der Waals surface area contributed by atoms with Gasteiger partial charge in [0, 0.05) is 5.56 Å². The minimum atomic E-state index is -0.783. The van der Waals surface area contributed by atoms with Gasteiger partial charge < -0.3 is 5.32 Å². The standard InChI is InChI=1S/C11H10FNO2/c1-11(2)7-3-6(5-14)4-8(12)9(7)13-10(11)15/h3-5H,1-2H3,(H,13,15). The van der Waals surface area contributed by atoms with Crippen molar-refractivity contribution >= 4 is 17.9 Å². The van der Waals surface area contributed by atoms with Crippen LogP contribution in [0, 0.1) is 5.82 Å². The molecule has 2 rings (SSSR count). The molecule has 3 nitrogen and oxygen atoms in total. The molecule has 0 saturated heterocycles. The predicted molar refractivity (Wildman–Crippen MR) is 53.4 cm³/mol. The fourth-order valence-corrected chi connectivity index (χ4v) is 1.71. The molecule has 0 bridgehead atoms. The van der Waals surface area contributed by atoms with Crippen LogP contribution < -0.4 is 5.32 Å². The van der Waals surface area contributed by atoms with Gasteiger partial charge in [0.1, 0.15) is 12.1 Å². The van der Waals surface area contributed by atoms with Crippen LogP contribution in [-0.4, -0.2) is 12.2 Å². The molecule has 0 aromatic heterocycles. The van der Waals surface area contributed by atoms with Crippen molar-refractivity contribution in [3.8, 4) is 0 Å². The highest BCUT2D eigenvalue weighted by molar-refractivity contribution is 6.06. The Morgan fingerprint density at radius 3 is 2.67 bits per heavy atom. The second-order valence-electron chi connectivity index (χ2n) is 4.12. The van der Waals surface area contributed by atoms with Gasteiger partial charge in [-0.1, -0.05) is 0 Å². The van der Waals surface area contributed by atoms with Crippen LogP contribution in [0.15, 0.2) is 12.1 Å². The summed E-state index contributed by atoms with van der Waals surface area (Å²) in [5.74, 6) is -0.812. The molecule has 0 spiro atoms. The fraction of sp³-hybridized carbons (Fsp3) is 0.273. The summed E-state index contributed by atoms with van der Waals surface area (Å²) in [6.45, 7) is 3.39. The molecule has 0 radical (unpaired) electrons. The normalized spacial score (nSPS) is 17.1. The van der Waals surface area contributed by atoms with Crippen molar-refractivity contribution in [1.82, 2.24) is 0 Å². The smallest absolute Gasteiger partial charge is 0.234 e. The number of halogens is 1. The molecule has 0 unspecified atom stereocenters. The van der Waals surface area contributed by atoms with Gasteiger partial charge in [-0.25, -0.2) is 4.39 Å².